The Balaban J connectivity index is 0.00000480. The summed E-state index contributed by atoms with van der Waals surface area (Å²) < 4.78 is 0. The monoisotopic (exact) mass is 537 g/mol. The number of nitrogens with one attached hydrogen (secondary N) is 3. The predicted octanol–water partition coefficient (Wildman–Crippen LogP) is 3.28. The van der Waals surface area contributed by atoms with Gasteiger partial charge in [-0.15, -0.1) is 24.0 Å². The number of nitrogens with zero attached hydrogens (tertiary/aromatic N) is 2. The quantitative estimate of drug-likeness (QED) is 0.247. The molecular weight excluding hydrogens is 501 g/mol. The fraction of sp³-hybridized carbons (Fsp3) is 0.417. The van der Waals surface area contributed by atoms with E-state index in [0.717, 1.165) is 37.6 Å². The van der Waals surface area contributed by atoms with Crippen LogP contribution in [0.5, 0.6) is 0 Å². The van der Waals surface area contributed by atoms with Crippen LogP contribution in [-0.4, -0.2) is 56.5 Å². The molecule has 0 radical (unpaired) electrons. The minimum absolute atomic E-state index is 0. The summed E-state index contributed by atoms with van der Waals surface area (Å²) in [6.45, 7) is 7.44. The molecule has 6 nitrogen and oxygen atoms in total. The molecule has 1 amide bonds. The fourth-order valence-corrected chi connectivity index (χ4v) is 3.07. The molecule has 2 aromatic carbocycles. The molecule has 0 aliphatic rings. The second kappa shape index (κ2) is 14.8. The van der Waals surface area contributed by atoms with E-state index in [1.54, 1.807) is 7.05 Å². The molecular formula is C24H36IN5O. The van der Waals surface area contributed by atoms with E-state index in [-0.39, 0.29) is 29.9 Å². The number of carbonyl (C=O) groups is 1. The lowest BCUT2D eigenvalue weighted by atomic mass is 10.1. The van der Waals surface area contributed by atoms with Crippen molar-refractivity contribution < 1.29 is 4.79 Å². The van der Waals surface area contributed by atoms with E-state index in [4.69, 9.17) is 4.99 Å². The summed E-state index contributed by atoms with van der Waals surface area (Å²) in [7, 11) is 3.78. The molecule has 0 aliphatic carbocycles. The van der Waals surface area contributed by atoms with Gasteiger partial charge in [-0.2, -0.15) is 0 Å². The number of hydrogen-bond donors (Lipinski definition) is 3. The number of benzene rings is 2. The maximum atomic E-state index is 11.8. The smallest absolute Gasteiger partial charge is 0.251 e. The highest BCUT2D eigenvalue weighted by molar-refractivity contribution is 14.0. The van der Waals surface area contributed by atoms with Crippen molar-refractivity contribution >= 4 is 35.8 Å². The lowest BCUT2D eigenvalue weighted by Crippen LogP contribution is -2.40. The Hall–Kier alpha value is -2.13. The number of guanidine groups is 1. The van der Waals surface area contributed by atoms with E-state index in [2.05, 4.69) is 66.0 Å². The minimum Gasteiger partial charge on any atom is -0.357 e. The third-order valence-electron chi connectivity index (χ3n) is 5.01. The molecule has 0 aliphatic heterocycles. The van der Waals surface area contributed by atoms with Crippen LogP contribution in [0.15, 0.2) is 59.6 Å². The molecule has 1 atom stereocenters. The second-order valence-corrected chi connectivity index (χ2v) is 7.43. The van der Waals surface area contributed by atoms with Crippen molar-refractivity contribution in [3.05, 3.63) is 71.3 Å². The number of carbonyl (C=O) groups excluding carboxylic acids is 1. The van der Waals surface area contributed by atoms with E-state index >= 15 is 0 Å². The SMILES string of the molecule is CCNC(=NCC(C)N(C)Cc1ccccc1)NCCc1cccc(C(=O)NC)c1.I. The van der Waals surface area contributed by atoms with Crippen LogP contribution in [-0.2, 0) is 13.0 Å². The van der Waals surface area contributed by atoms with Crippen LogP contribution in [0.2, 0.25) is 0 Å². The number of amides is 1. The summed E-state index contributed by atoms with van der Waals surface area (Å²) in [6, 6.07) is 18.5. The Morgan fingerprint density at radius 2 is 1.77 bits per heavy atom. The average Bonchev–Trinajstić information content (AvgIpc) is 2.77. The highest BCUT2D eigenvalue weighted by Gasteiger charge is 2.10. The van der Waals surface area contributed by atoms with Crippen LogP contribution in [0.25, 0.3) is 0 Å². The molecule has 0 aromatic heterocycles. The first-order valence-electron chi connectivity index (χ1n) is 10.6. The molecule has 0 heterocycles. The van der Waals surface area contributed by atoms with Crippen LogP contribution in [0.1, 0.15) is 35.3 Å². The zero-order chi connectivity index (χ0) is 21.8. The molecule has 3 N–H and O–H groups in total. The van der Waals surface area contributed by atoms with Gasteiger partial charge in [0.15, 0.2) is 5.96 Å². The lowest BCUT2D eigenvalue weighted by Gasteiger charge is -2.24. The Labute approximate surface area is 203 Å². The standard InChI is InChI=1S/C24H35N5O.HI/c1-5-26-24(27-15-14-20-12-9-13-22(16-20)23(30)25-3)28-17-19(2)29(4)18-21-10-7-6-8-11-21;/h6-13,16,19H,5,14-15,17-18H2,1-4H3,(H,25,30)(H2,26,27,28);1H. The van der Waals surface area contributed by atoms with Gasteiger partial charge in [-0.05, 0) is 50.6 Å². The van der Waals surface area contributed by atoms with Crippen molar-refractivity contribution in [3.8, 4) is 0 Å². The first kappa shape index (κ1) is 26.9. The molecule has 31 heavy (non-hydrogen) atoms. The molecule has 2 rings (SSSR count). The van der Waals surface area contributed by atoms with E-state index in [1.165, 1.54) is 5.56 Å². The highest BCUT2D eigenvalue weighted by atomic mass is 127. The molecule has 0 fully saturated rings. The molecule has 2 aromatic rings. The molecule has 0 saturated carbocycles. The zero-order valence-corrected chi connectivity index (χ0v) is 21.4. The van der Waals surface area contributed by atoms with Crippen molar-refractivity contribution in [2.24, 2.45) is 4.99 Å². The normalized spacial score (nSPS) is 12.1. The second-order valence-electron chi connectivity index (χ2n) is 7.43. The topological polar surface area (TPSA) is 68.8 Å². The Morgan fingerprint density at radius 3 is 2.45 bits per heavy atom. The van der Waals surface area contributed by atoms with E-state index in [1.807, 2.05) is 30.3 Å². The van der Waals surface area contributed by atoms with Crippen molar-refractivity contribution in [3.63, 3.8) is 0 Å². The molecule has 1 unspecified atom stereocenters. The number of halogens is 1. The van der Waals surface area contributed by atoms with Crippen molar-refractivity contribution in [1.29, 1.82) is 0 Å². The van der Waals surface area contributed by atoms with Crippen LogP contribution in [0, 0.1) is 0 Å². The molecule has 0 saturated heterocycles. The highest BCUT2D eigenvalue weighted by Crippen LogP contribution is 2.07. The summed E-state index contributed by atoms with van der Waals surface area (Å²) in [5.41, 5.74) is 3.11. The third-order valence-corrected chi connectivity index (χ3v) is 5.01. The average molecular weight is 537 g/mol. The molecule has 0 bridgehead atoms. The number of hydrogen-bond acceptors (Lipinski definition) is 3. The summed E-state index contributed by atoms with van der Waals surface area (Å²) >= 11 is 0. The number of aliphatic imine (C=N–C) groups is 1. The van der Waals surface area contributed by atoms with Gasteiger partial charge in [-0.3, -0.25) is 14.7 Å². The van der Waals surface area contributed by atoms with Gasteiger partial charge in [0.25, 0.3) is 5.91 Å². The van der Waals surface area contributed by atoms with E-state index in [9.17, 15) is 4.79 Å². The largest absolute Gasteiger partial charge is 0.357 e. The van der Waals surface area contributed by atoms with Gasteiger partial charge in [0.1, 0.15) is 0 Å². The summed E-state index contributed by atoms with van der Waals surface area (Å²) in [6.07, 6.45) is 0.818. The summed E-state index contributed by atoms with van der Waals surface area (Å²) in [5.74, 6) is 0.758. The van der Waals surface area contributed by atoms with Gasteiger partial charge in [-0.25, -0.2) is 0 Å². The fourth-order valence-electron chi connectivity index (χ4n) is 3.07. The van der Waals surface area contributed by atoms with Gasteiger partial charge in [0.05, 0.1) is 6.54 Å². The van der Waals surface area contributed by atoms with E-state index in [0.29, 0.717) is 18.2 Å². The van der Waals surface area contributed by atoms with Crippen LogP contribution in [0.3, 0.4) is 0 Å². The van der Waals surface area contributed by atoms with Crippen molar-refractivity contribution in [2.75, 3.05) is 33.7 Å². The van der Waals surface area contributed by atoms with Crippen LogP contribution < -0.4 is 16.0 Å². The maximum Gasteiger partial charge on any atom is 0.251 e. The minimum atomic E-state index is -0.0617. The van der Waals surface area contributed by atoms with Crippen molar-refractivity contribution in [2.45, 2.75) is 32.9 Å². The van der Waals surface area contributed by atoms with Gasteiger partial charge >= 0.3 is 0 Å². The number of rotatable bonds is 10. The molecule has 170 valence electrons. The maximum absolute atomic E-state index is 11.8. The Morgan fingerprint density at radius 1 is 1.06 bits per heavy atom. The Kier molecular flexibility index (Phi) is 12.8. The summed E-state index contributed by atoms with van der Waals surface area (Å²) in [4.78, 5) is 18.9. The Bertz CT molecular complexity index is 813. The molecule has 0 spiro atoms. The van der Waals surface area contributed by atoms with Gasteiger partial charge in [-0.1, -0.05) is 42.5 Å². The van der Waals surface area contributed by atoms with Crippen LogP contribution in [0.4, 0.5) is 0 Å². The first-order valence-corrected chi connectivity index (χ1v) is 10.6. The third kappa shape index (κ3) is 9.69. The lowest BCUT2D eigenvalue weighted by molar-refractivity contribution is 0.0963. The zero-order valence-electron chi connectivity index (χ0n) is 19.0. The summed E-state index contributed by atoms with van der Waals surface area (Å²) in [5, 5.41) is 9.37. The van der Waals surface area contributed by atoms with Crippen LogP contribution >= 0.6 is 24.0 Å². The number of likely N-dealkylation sites (N-methyl/N-ethyl adjacent to an activating group) is 1. The van der Waals surface area contributed by atoms with Gasteiger partial charge < -0.3 is 16.0 Å². The predicted molar refractivity (Wildman–Crippen MR) is 140 cm³/mol. The first-order chi connectivity index (χ1) is 14.5. The van der Waals surface area contributed by atoms with Gasteiger partial charge in [0.2, 0.25) is 0 Å². The van der Waals surface area contributed by atoms with E-state index < -0.39 is 0 Å². The van der Waals surface area contributed by atoms with Crippen molar-refractivity contribution in [1.82, 2.24) is 20.9 Å². The molecule has 7 heteroatoms. The van der Waals surface area contributed by atoms with Gasteiger partial charge in [0, 0.05) is 38.3 Å².